The van der Waals surface area contributed by atoms with E-state index in [1.54, 1.807) is 6.92 Å². The summed E-state index contributed by atoms with van der Waals surface area (Å²) < 4.78 is 13.8. The quantitative estimate of drug-likeness (QED) is 0.832. The van der Waals surface area contributed by atoms with E-state index in [2.05, 4.69) is 9.97 Å². The summed E-state index contributed by atoms with van der Waals surface area (Å²) in [6.45, 7) is 2.17. The Kier molecular flexibility index (Phi) is 3.05. The van der Waals surface area contributed by atoms with Crippen LogP contribution in [0.25, 0.3) is 0 Å². The van der Waals surface area contributed by atoms with Crippen molar-refractivity contribution in [2.24, 2.45) is 11.7 Å². The summed E-state index contributed by atoms with van der Waals surface area (Å²) in [5.74, 6) is 0.601. The van der Waals surface area contributed by atoms with Crippen LogP contribution in [-0.2, 0) is 0 Å². The zero-order chi connectivity index (χ0) is 11.7. The van der Waals surface area contributed by atoms with E-state index in [4.69, 9.17) is 5.73 Å². The van der Waals surface area contributed by atoms with E-state index >= 15 is 0 Å². The minimum Gasteiger partial charge on any atom is -0.353 e. The zero-order valence-corrected chi connectivity index (χ0v) is 9.65. The molecule has 1 heterocycles. The summed E-state index contributed by atoms with van der Waals surface area (Å²) in [6, 6.07) is 0.184. The van der Waals surface area contributed by atoms with E-state index in [9.17, 15) is 4.39 Å². The van der Waals surface area contributed by atoms with Crippen molar-refractivity contribution < 1.29 is 4.39 Å². The van der Waals surface area contributed by atoms with Gasteiger partial charge in [-0.3, -0.25) is 0 Å². The van der Waals surface area contributed by atoms with E-state index in [0.29, 0.717) is 24.0 Å². The molecule has 1 fully saturated rings. The van der Waals surface area contributed by atoms with Gasteiger partial charge in [0, 0.05) is 19.6 Å². The molecule has 1 aromatic rings. The Bertz CT molecular complexity index is 378. The third-order valence-corrected chi connectivity index (χ3v) is 3.18. The molecule has 0 amide bonds. The molecular weight excluding hydrogens is 207 g/mol. The van der Waals surface area contributed by atoms with Crippen molar-refractivity contribution in [1.82, 2.24) is 9.97 Å². The number of hydrogen-bond acceptors (Lipinski definition) is 4. The van der Waals surface area contributed by atoms with Gasteiger partial charge in [0.25, 0.3) is 0 Å². The molecule has 1 unspecified atom stereocenters. The van der Waals surface area contributed by atoms with E-state index < -0.39 is 0 Å². The van der Waals surface area contributed by atoms with Crippen LogP contribution >= 0.6 is 0 Å². The van der Waals surface area contributed by atoms with Gasteiger partial charge in [-0.1, -0.05) is 0 Å². The van der Waals surface area contributed by atoms with Crippen LogP contribution in [0.2, 0.25) is 0 Å². The lowest BCUT2D eigenvalue weighted by Gasteiger charge is -2.28. The maximum atomic E-state index is 13.8. The van der Waals surface area contributed by atoms with Crippen molar-refractivity contribution in [2.45, 2.75) is 25.8 Å². The number of aryl methyl sites for hydroxylation is 1. The molecule has 0 saturated heterocycles. The molecule has 5 heteroatoms. The average molecular weight is 224 g/mol. The van der Waals surface area contributed by atoms with Crippen LogP contribution in [0.15, 0.2) is 6.33 Å². The molecular formula is C11H17FN4. The van der Waals surface area contributed by atoms with Crippen molar-refractivity contribution in [1.29, 1.82) is 0 Å². The van der Waals surface area contributed by atoms with Crippen molar-refractivity contribution in [3.05, 3.63) is 17.8 Å². The summed E-state index contributed by atoms with van der Waals surface area (Å²) in [7, 11) is 1.85. The average Bonchev–Trinajstić information content (AvgIpc) is 3.07. The molecule has 1 aliphatic carbocycles. The fourth-order valence-electron chi connectivity index (χ4n) is 2.00. The number of halogens is 1. The second-order valence-corrected chi connectivity index (χ2v) is 4.35. The smallest absolute Gasteiger partial charge is 0.186 e. The van der Waals surface area contributed by atoms with E-state index in [1.807, 2.05) is 11.9 Å². The molecule has 16 heavy (non-hydrogen) atoms. The van der Waals surface area contributed by atoms with Gasteiger partial charge in [-0.2, -0.15) is 0 Å². The Hall–Kier alpha value is -1.23. The molecule has 1 aliphatic rings. The highest BCUT2D eigenvalue weighted by Crippen LogP contribution is 2.36. The molecule has 1 saturated carbocycles. The highest BCUT2D eigenvalue weighted by Gasteiger charge is 2.34. The van der Waals surface area contributed by atoms with E-state index in [0.717, 1.165) is 0 Å². The highest BCUT2D eigenvalue weighted by atomic mass is 19.1. The van der Waals surface area contributed by atoms with Crippen molar-refractivity contribution in [3.63, 3.8) is 0 Å². The van der Waals surface area contributed by atoms with Gasteiger partial charge < -0.3 is 10.6 Å². The monoisotopic (exact) mass is 224 g/mol. The van der Waals surface area contributed by atoms with Gasteiger partial charge in [0.2, 0.25) is 0 Å². The molecule has 4 nitrogen and oxygen atoms in total. The number of aromatic nitrogens is 2. The third-order valence-electron chi connectivity index (χ3n) is 3.18. The molecule has 2 rings (SSSR count). The lowest BCUT2D eigenvalue weighted by atomic mass is 10.1. The number of nitrogens with zero attached hydrogens (tertiary/aromatic N) is 3. The van der Waals surface area contributed by atoms with E-state index in [-0.39, 0.29) is 11.9 Å². The summed E-state index contributed by atoms with van der Waals surface area (Å²) in [4.78, 5) is 9.67. The lowest BCUT2D eigenvalue weighted by Crippen LogP contribution is -2.40. The van der Waals surface area contributed by atoms with Gasteiger partial charge in [-0.25, -0.2) is 14.4 Å². The largest absolute Gasteiger partial charge is 0.353 e. The SMILES string of the molecule is Cc1ncnc(N(C)C(CN)C2CC2)c1F. The van der Waals surface area contributed by atoms with Crippen LogP contribution in [0.4, 0.5) is 10.2 Å². The fraction of sp³-hybridized carbons (Fsp3) is 0.636. The Morgan fingerprint density at radius 2 is 2.25 bits per heavy atom. The lowest BCUT2D eigenvalue weighted by molar-refractivity contribution is 0.538. The van der Waals surface area contributed by atoms with Crippen molar-refractivity contribution in [2.75, 3.05) is 18.5 Å². The van der Waals surface area contributed by atoms with E-state index in [1.165, 1.54) is 19.2 Å². The maximum Gasteiger partial charge on any atom is 0.186 e. The first kappa shape index (κ1) is 11.3. The second kappa shape index (κ2) is 4.33. The predicted octanol–water partition coefficient (Wildman–Crippen LogP) is 1.10. The summed E-state index contributed by atoms with van der Waals surface area (Å²) in [6.07, 6.45) is 3.75. The molecule has 1 atom stereocenters. The van der Waals surface area contributed by atoms with Gasteiger partial charge in [0.15, 0.2) is 11.6 Å². The minimum absolute atomic E-state index is 0.184. The van der Waals surface area contributed by atoms with Crippen LogP contribution in [0.5, 0.6) is 0 Å². The molecule has 0 spiro atoms. The third kappa shape index (κ3) is 2.00. The van der Waals surface area contributed by atoms with Gasteiger partial charge in [0.05, 0.1) is 5.69 Å². The first-order valence-electron chi connectivity index (χ1n) is 5.55. The Balaban J connectivity index is 2.24. The molecule has 0 radical (unpaired) electrons. The number of anilines is 1. The van der Waals surface area contributed by atoms with Gasteiger partial charge in [-0.15, -0.1) is 0 Å². The predicted molar refractivity (Wildman–Crippen MR) is 60.7 cm³/mol. The molecule has 1 aromatic heterocycles. The normalized spacial score (nSPS) is 17.2. The summed E-state index contributed by atoms with van der Waals surface area (Å²) in [5.41, 5.74) is 6.11. The first-order chi connectivity index (χ1) is 7.65. The van der Waals surface area contributed by atoms with Gasteiger partial charge in [0.1, 0.15) is 6.33 Å². The van der Waals surface area contributed by atoms with Crippen LogP contribution in [0, 0.1) is 18.7 Å². The maximum absolute atomic E-state index is 13.8. The second-order valence-electron chi connectivity index (χ2n) is 4.35. The Morgan fingerprint density at radius 1 is 1.56 bits per heavy atom. The highest BCUT2D eigenvalue weighted by molar-refractivity contribution is 5.41. The molecule has 88 valence electrons. The molecule has 0 aliphatic heterocycles. The van der Waals surface area contributed by atoms with Gasteiger partial charge in [-0.05, 0) is 25.7 Å². The van der Waals surface area contributed by atoms with Crippen LogP contribution in [-0.4, -0.2) is 29.6 Å². The molecule has 0 aromatic carbocycles. The topological polar surface area (TPSA) is 55.0 Å². The summed E-state index contributed by atoms with van der Waals surface area (Å²) >= 11 is 0. The van der Waals surface area contributed by atoms with Crippen LogP contribution in [0.1, 0.15) is 18.5 Å². The van der Waals surface area contributed by atoms with Crippen LogP contribution < -0.4 is 10.6 Å². The molecule has 2 N–H and O–H groups in total. The summed E-state index contributed by atoms with van der Waals surface area (Å²) in [5, 5.41) is 0. The Labute approximate surface area is 94.7 Å². The number of hydrogen-bond donors (Lipinski definition) is 1. The fourth-order valence-corrected chi connectivity index (χ4v) is 2.00. The van der Waals surface area contributed by atoms with Crippen molar-refractivity contribution >= 4 is 5.82 Å². The van der Waals surface area contributed by atoms with Crippen molar-refractivity contribution in [3.8, 4) is 0 Å². The number of likely N-dealkylation sites (N-methyl/N-ethyl adjacent to an activating group) is 1. The number of rotatable bonds is 4. The number of nitrogens with two attached hydrogens (primary N) is 1. The standard InChI is InChI=1S/C11H17FN4/c1-7-10(12)11(15-6-14-7)16(2)9(5-13)8-3-4-8/h6,8-9H,3-5,13H2,1-2H3. The van der Waals surface area contributed by atoms with Crippen LogP contribution in [0.3, 0.4) is 0 Å². The molecule has 0 bridgehead atoms. The van der Waals surface area contributed by atoms with Gasteiger partial charge >= 0.3 is 0 Å². The zero-order valence-electron chi connectivity index (χ0n) is 9.65. The first-order valence-corrected chi connectivity index (χ1v) is 5.55. The minimum atomic E-state index is -0.343. The Morgan fingerprint density at radius 3 is 2.81 bits per heavy atom.